The zero-order chi connectivity index (χ0) is 56.6. The van der Waals surface area contributed by atoms with Crippen LogP contribution in [0.5, 0.6) is 0 Å². The number of benzene rings is 8. The van der Waals surface area contributed by atoms with Crippen LogP contribution in [-0.4, -0.2) is 64.8 Å². The number of fused-ring (bicyclic) bond motifs is 3. The summed E-state index contributed by atoms with van der Waals surface area (Å²) in [5, 5.41) is 0.244. The van der Waals surface area contributed by atoms with Gasteiger partial charge in [0.1, 0.15) is 5.57 Å². The van der Waals surface area contributed by atoms with Crippen molar-refractivity contribution in [2.75, 3.05) is 47.9 Å². The molecule has 0 saturated carbocycles. The van der Waals surface area contributed by atoms with Gasteiger partial charge in [-0.15, -0.1) is 69.7 Å². The predicted octanol–water partition coefficient (Wildman–Crippen LogP) is 20.1. The molecule has 3 heterocycles. The Morgan fingerprint density at radius 2 is 0.622 bits per heavy atom. The predicted molar refractivity (Wildman–Crippen MR) is 359 cm³/mol. The molecule has 0 N–H and O–H groups in total. The molecule has 0 bridgehead atoms. The van der Waals surface area contributed by atoms with Crippen molar-refractivity contribution in [3.8, 4) is 52.9 Å². The first-order chi connectivity index (χ1) is 40.1. The number of amides is 2. The van der Waals surface area contributed by atoms with Crippen molar-refractivity contribution in [3.63, 3.8) is 0 Å². The number of thiophene rings is 2. The second-order valence-corrected chi connectivity index (χ2v) is 25.6. The van der Waals surface area contributed by atoms with E-state index in [1.807, 2.05) is 13.8 Å². The first-order valence-electron chi connectivity index (χ1n) is 26.9. The van der Waals surface area contributed by atoms with Crippen molar-refractivity contribution >= 4 is 139 Å². The highest BCUT2D eigenvalue weighted by atomic mass is 32.2. The Labute approximate surface area is 510 Å². The summed E-state index contributed by atoms with van der Waals surface area (Å²) < 4.78 is 0. The lowest BCUT2D eigenvalue weighted by atomic mass is 9.93. The third kappa shape index (κ3) is 10.6. The van der Waals surface area contributed by atoms with Crippen LogP contribution in [0.3, 0.4) is 0 Å². The standard InChI is InChI=1S/C69H56N4O2S7/c1-7-70-67(74)66(68(75)71(8-2)69(70)76)65-59-41-45(63-39-37-61(81-63)43-9-15-47(16-10-43)72(49-19-27-53(77-3)28-20-49)50-21-29-54(78-4)30-22-50)13-35-57(59)58-36-14-46(42-60(58)65)64-40-38-62(82-64)44-11-17-48(18-12-44)73(51-23-31-55(79-5)32-24-51)52-25-33-56(80-6)34-26-52/h9-42H,7-8H2,1-6H3. The molecule has 406 valence electrons. The quantitative estimate of drug-likeness (QED) is 0.0407. The zero-order valence-corrected chi connectivity index (χ0v) is 51.7. The molecule has 0 spiro atoms. The fraction of sp³-hybridized carbons (Fsp3) is 0.116. The lowest BCUT2D eigenvalue weighted by molar-refractivity contribution is -0.133. The highest BCUT2D eigenvalue weighted by Crippen LogP contribution is 2.51. The van der Waals surface area contributed by atoms with E-state index in [9.17, 15) is 9.59 Å². The maximum absolute atomic E-state index is 14.8. The van der Waals surface area contributed by atoms with Crippen LogP contribution in [-0.2, 0) is 9.59 Å². The Bertz CT molecular complexity index is 3700. The summed E-state index contributed by atoms with van der Waals surface area (Å²) in [4.78, 5) is 46.6. The fourth-order valence-corrected chi connectivity index (χ4v) is 14.9. The SMILES string of the molecule is CCN1C(=O)C(=C2c3cc(-c4ccc(-c5ccc(N(c6ccc(SC)cc6)c6ccc(SC)cc6)cc5)s4)ccc3-c3ccc(-c4ccc(-c5ccc(N(c6ccc(SC)cc6)c6ccc(SC)cc6)cc5)s4)cc32)C(=O)N(CC)C1=S. The lowest BCUT2D eigenvalue weighted by Gasteiger charge is -2.36. The minimum Gasteiger partial charge on any atom is -0.311 e. The fourth-order valence-electron chi connectivity index (χ4n) is 10.8. The van der Waals surface area contributed by atoms with Crippen LogP contribution in [0, 0.1) is 0 Å². The van der Waals surface area contributed by atoms with Gasteiger partial charge in [0.15, 0.2) is 5.11 Å². The van der Waals surface area contributed by atoms with Gasteiger partial charge in [-0.2, -0.15) is 0 Å². The van der Waals surface area contributed by atoms with Gasteiger partial charge in [-0.25, -0.2) is 0 Å². The summed E-state index contributed by atoms with van der Waals surface area (Å²) in [5.41, 5.74) is 15.3. The van der Waals surface area contributed by atoms with E-state index >= 15 is 0 Å². The molecule has 10 aromatic rings. The van der Waals surface area contributed by atoms with E-state index in [-0.39, 0.29) is 22.5 Å². The number of carbonyl (C=O) groups excluding carboxylic acids is 2. The van der Waals surface area contributed by atoms with Crippen molar-refractivity contribution in [1.29, 1.82) is 0 Å². The first kappa shape index (κ1) is 55.5. The summed E-state index contributed by atoms with van der Waals surface area (Å²) in [7, 11) is 0. The van der Waals surface area contributed by atoms with Crippen molar-refractivity contribution in [3.05, 3.63) is 223 Å². The van der Waals surface area contributed by atoms with Gasteiger partial charge in [-0.1, -0.05) is 48.5 Å². The maximum Gasteiger partial charge on any atom is 0.266 e. The highest BCUT2D eigenvalue weighted by Gasteiger charge is 2.42. The smallest absolute Gasteiger partial charge is 0.266 e. The number of thioether (sulfide) groups is 4. The molecule has 13 heteroatoms. The normalized spacial score (nSPS) is 13.0. The van der Waals surface area contributed by atoms with Crippen LogP contribution < -0.4 is 9.80 Å². The van der Waals surface area contributed by atoms with Crippen LogP contribution in [0.4, 0.5) is 34.1 Å². The summed E-state index contributed by atoms with van der Waals surface area (Å²) in [6.45, 7) is 4.50. The lowest BCUT2D eigenvalue weighted by Crippen LogP contribution is -2.56. The number of hydrogen-bond donors (Lipinski definition) is 0. The topological polar surface area (TPSA) is 47.1 Å². The molecule has 0 atom stereocenters. The average molecular weight is 1200 g/mol. The molecule has 82 heavy (non-hydrogen) atoms. The average Bonchev–Trinajstić information content (AvgIpc) is 3.95. The number of thiocarbonyl (C=S) groups is 1. The Kier molecular flexibility index (Phi) is 16.3. The van der Waals surface area contributed by atoms with Crippen LogP contribution in [0.1, 0.15) is 25.0 Å². The van der Waals surface area contributed by atoms with Gasteiger partial charge >= 0.3 is 0 Å². The third-order valence-corrected chi connectivity index (χ3v) is 20.8. The molecule has 2 amide bonds. The Morgan fingerprint density at radius 3 is 0.902 bits per heavy atom. The molecule has 1 aliphatic heterocycles. The van der Waals surface area contributed by atoms with Gasteiger partial charge < -0.3 is 9.80 Å². The molecule has 12 rings (SSSR count). The molecular weight excluding hydrogens is 1140 g/mol. The van der Waals surface area contributed by atoms with Crippen LogP contribution in [0.2, 0.25) is 0 Å². The molecule has 2 aliphatic rings. The zero-order valence-electron chi connectivity index (χ0n) is 46.0. The van der Waals surface area contributed by atoms with E-state index in [1.54, 1.807) is 79.5 Å². The summed E-state index contributed by atoms with van der Waals surface area (Å²) >= 11 is 16.2. The number of nitrogens with zero attached hydrogens (tertiary/aromatic N) is 4. The summed E-state index contributed by atoms with van der Waals surface area (Å²) in [6.07, 6.45) is 8.40. The number of likely N-dealkylation sites (N-methyl/N-ethyl adjacent to an activating group) is 2. The van der Waals surface area contributed by atoms with Crippen molar-refractivity contribution in [2.24, 2.45) is 0 Å². The third-order valence-electron chi connectivity index (χ3n) is 15.1. The van der Waals surface area contributed by atoms with Gasteiger partial charge in [0.25, 0.3) is 11.8 Å². The van der Waals surface area contributed by atoms with Crippen LogP contribution in [0.15, 0.2) is 231 Å². The van der Waals surface area contributed by atoms with E-state index < -0.39 is 0 Å². The second kappa shape index (κ2) is 24.0. The number of rotatable bonds is 16. The Hall–Kier alpha value is -7.07. The molecule has 1 aliphatic carbocycles. The molecule has 2 aromatic heterocycles. The van der Waals surface area contributed by atoms with Crippen molar-refractivity contribution in [1.82, 2.24) is 9.80 Å². The van der Waals surface area contributed by atoms with Gasteiger partial charge in [-0.05, 0) is 253 Å². The van der Waals surface area contributed by atoms with Gasteiger partial charge in [0, 0.05) is 91.9 Å². The van der Waals surface area contributed by atoms with E-state index in [0.717, 1.165) is 98.1 Å². The first-order valence-corrected chi connectivity index (χ1v) is 33.8. The molecule has 1 saturated heterocycles. The molecule has 8 aromatic carbocycles. The number of carbonyl (C=O) groups is 2. The van der Waals surface area contributed by atoms with Gasteiger partial charge in [0.05, 0.1) is 0 Å². The highest BCUT2D eigenvalue weighted by molar-refractivity contribution is 7.99. The van der Waals surface area contributed by atoms with Gasteiger partial charge in [-0.3, -0.25) is 19.4 Å². The molecule has 0 unspecified atom stereocenters. The van der Waals surface area contributed by atoms with Crippen LogP contribution in [0.25, 0.3) is 58.5 Å². The number of anilines is 6. The Balaban J connectivity index is 0.872. The van der Waals surface area contributed by atoms with E-state index in [2.05, 4.69) is 241 Å². The van der Waals surface area contributed by atoms with E-state index in [4.69, 9.17) is 12.2 Å². The van der Waals surface area contributed by atoms with E-state index in [1.165, 1.54) is 19.6 Å². The van der Waals surface area contributed by atoms with Crippen LogP contribution >= 0.6 is 81.9 Å². The van der Waals surface area contributed by atoms with E-state index in [0.29, 0.717) is 18.7 Å². The van der Waals surface area contributed by atoms with Crippen molar-refractivity contribution in [2.45, 2.75) is 33.4 Å². The van der Waals surface area contributed by atoms with Crippen molar-refractivity contribution < 1.29 is 9.59 Å². The minimum atomic E-state index is -0.365. The molecule has 1 fully saturated rings. The minimum absolute atomic E-state index is 0.148. The summed E-state index contributed by atoms with van der Waals surface area (Å²) in [5.74, 6) is -0.730. The summed E-state index contributed by atoms with van der Waals surface area (Å²) in [6, 6.07) is 74.2. The molecule has 0 radical (unpaired) electrons. The molecular formula is C69H56N4O2S7. The molecule has 6 nitrogen and oxygen atoms in total. The maximum atomic E-state index is 14.8. The Morgan fingerprint density at radius 1 is 0.354 bits per heavy atom. The number of hydrogen-bond acceptors (Lipinski definition) is 11. The largest absolute Gasteiger partial charge is 0.311 e. The second-order valence-electron chi connectivity index (χ2n) is 19.5. The van der Waals surface area contributed by atoms with Gasteiger partial charge in [0.2, 0.25) is 0 Å². The monoisotopic (exact) mass is 1200 g/mol.